The largest absolute Gasteiger partial charge is 0.493 e. The van der Waals surface area contributed by atoms with Gasteiger partial charge in [-0.1, -0.05) is 29.3 Å². The average molecular weight is 367 g/mol. The van der Waals surface area contributed by atoms with Crippen molar-refractivity contribution in [2.24, 2.45) is 5.18 Å². The first-order chi connectivity index (χ1) is 13.1. The minimum absolute atomic E-state index is 0.0236. The van der Waals surface area contributed by atoms with Gasteiger partial charge in [0, 0.05) is 30.6 Å². The smallest absolute Gasteiger partial charge is 0.222 e. The lowest BCUT2D eigenvalue weighted by atomic mass is 9.86. The number of rotatable bonds is 3. The van der Waals surface area contributed by atoms with Gasteiger partial charge < -0.3 is 14.6 Å². The van der Waals surface area contributed by atoms with E-state index in [-0.39, 0.29) is 17.6 Å². The van der Waals surface area contributed by atoms with Gasteiger partial charge in [0.1, 0.15) is 0 Å². The van der Waals surface area contributed by atoms with Crippen LogP contribution >= 0.6 is 0 Å². The molecule has 1 N–H and O–H groups in total. The SMILES string of the molecule is CC(C)=C1CCC(N2CCC(n3c(O)c(N=O)c4ccccc43)CC2)CC1. The zero-order valence-electron chi connectivity index (χ0n) is 16.3. The highest BCUT2D eigenvalue weighted by Gasteiger charge is 2.30. The lowest BCUT2D eigenvalue weighted by molar-refractivity contribution is 0.115. The van der Waals surface area contributed by atoms with E-state index in [0.717, 1.165) is 36.8 Å². The lowest BCUT2D eigenvalue weighted by Gasteiger charge is -2.40. The highest BCUT2D eigenvalue weighted by Crippen LogP contribution is 2.43. The van der Waals surface area contributed by atoms with Crippen molar-refractivity contribution in [2.75, 3.05) is 13.1 Å². The van der Waals surface area contributed by atoms with Crippen LogP contribution in [0.2, 0.25) is 0 Å². The Morgan fingerprint density at radius 3 is 2.33 bits per heavy atom. The third-order valence-corrected chi connectivity index (χ3v) is 6.60. The van der Waals surface area contributed by atoms with Crippen molar-refractivity contribution in [1.29, 1.82) is 0 Å². The Morgan fingerprint density at radius 2 is 1.70 bits per heavy atom. The monoisotopic (exact) mass is 367 g/mol. The first-order valence-electron chi connectivity index (χ1n) is 10.1. The van der Waals surface area contributed by atoms with Crippen molar-refractivity contribution in [3.8, 4) is 5.88 Å². The third kappa shape index (κ3) is 3.29. The number of hydrogen-bond donors (Lipinski definition) is 1. The van der Waals surface area contributed by atoms with Gasteiger partial charge in [-0.15, -0.1) is 4.91 Å². The van der Waals surface area contributed by atoms with E-state index >= 15 is 0 Å². The molecular weight excluding hydrogens is 338 g/mol. The number of piperidine rings is 1. The zero-order valence-corrected chi connectivity index (χ0v) is 16.3. The Morgan fingerprint density at radius 1 is 1.04 bits per heavy atom. The topological polar surface area (TPSA) is 57.8 Å². The number of likely N-dealkylation sites (tertiary alicyclic amines) is 1. The second-order valence-corrected chi connectivity index (χ2v) is 8.25. The van der Waals surface area contributed by atoms with Gasteiger partial charge in [0.2, 0.25) is 5.88 Å². The molecule has 1 aliphatic carbocycles. The predicted octanol–water partition coefficient (Wildman–Crippen LogP) is 5.66. The predicted molar refractivity (Wildman–Crippen MR) is 110 cm³/mol. The summed E-state index contributed by atoms with van der Waals surface area (Å²) in [5.74, 6) is 0.0236. The minimum atomic E-state index is 0.0236. The number of aromatic hydroxyl groups is 1. The zero-order chi connectivity index (χ0) is 19.0. The molecule has 0 bridgehead atoms. The van der Waals surface area contributed by atoms with Crippen LogP contribution in [-0.4, -0.2) is 33.7 Å². The fourth-order valence-electron chi connectivity index (χ4n) is 5.02. The molecule has 27 heavy (non-hydrogen) atoms. The van der Waals surface area contributed by atoms with Crippen LogP contribution in [0.3, 0.4) is 0 Å². The van der Waals surface area contributed by atoms with Crippen LogP contribution in [0, 0.1) is 4.91 Å². The van der Waals surface area contributed by atoms with Gasteiger partial charge in [-0.25, -0.2) is 0 Å². The molecule has 0 atom stereocenters. The van der Waals surface area contributed by atoms with Gasteiger partial charge in [-0.05, 0) is 63.6 Å². The molecule has 2 fully saturated rings. The molecule has 4 rings (SSSR count). The lowest BCUT2D eigenvalue weighted by Crippen LogP contribution is -2.42. The molecule has 5 heteroatoms. The normalized spacial score (nSPS) is 22.3. The molecule has 1 aromatic carbocycles. The van der Waals surface area contributed by atoms with Crippen molar-refractivity contribution in [3.63, 3.8) is 0 Å². The van der Waals surface area contributed by atoms with Crippen LogP contribution in [0.5, 0.6) is 5.88 Å². The molecule has 0 radical (unpaired) electrons. The highest BCUT2D eigenvalue weighted by atomic mass is 16.3. The Balaban J connectivity index is 1.48. The number of para-hydroxylation sites is 1. The highest BCUT2D eigenvalue weighted by molar-refractivity contribution is 5.95. The molecule has 5 nitrogen and oxygen atoms in total. The van der Waals surface area contributed by atoms with E-state index in [2.05, 4.69) is 23.9 Å². The number of allylic oxidation sites excluding steroid dienone is 2. The van der Waals surface area contributed by atoms with Crippen molar-refractivity contribution in [1.82, 2.24) is 9.47 Å². The maximum absolute atomic E-state index is 11.2. The second kappa shape index (κ2) is 7.47. The standard InChI is InChI=1S/C22H29N3O2/c1-15(2)16-7-9-17(10-8-16)24-13-11-18(12-14-24)25-20-6-4-3-5-19(20)21(23-27)22(25)26/h3-6,17-18,26H,7-14H2,1-2H3. The summed E-state index contributed by atoms with van der Waals surface area (Å²) in [6, 6.07) is 8.58. The molecular formula is C22H29N3O2. The summed E-state index contributed by atoms with van der Waals surface area (Å²) in [6.45, 7) is 6.57. The Kier molecular flexibility index (Phi) is 5.04. The molecule has 0 amide bonds. The number of nitroso groups, excluding NO2 is 1. The first kappa shape index (κ1) is 18.2. The molecule has 1 saturated carbocycles. The summed E-state index contributed by atoms with van der Waals surface area (Å²) in [4.78, 5) is 13.9. The molecule has 2 aliphatic rings. The van der Waals surface area contributed by atoms with Gasteiger partial charge in [0.25, 0.3) is 0 Å². The maximum atomic E-state index is 11.2. The van der Waals surface area contributed by atoms with Crippen molar-refractivity contribution in [2.45, 2.75) is 64.5 Å². The number of nitrogens with zero attached hydrogens (tertiary/aromatic N) is 3. The van der Waals surface area contributed by atoms with Crippen LogP contribution in [0.1, 0.15) is 58.4 Å². The number of hydrogen-bond acceptors (Lipinski definition) is 4. The molecule has 144 valence electrons. The number of benzene rings is 1. The summed E-state index contributed by atoms with van der Waals surface area (Å²) >= 11 is 0. The van der Waals surface area contributed by atoms with Crippen LogP contribution < -0.4 is 0 Å². The van der Waals surface area contributed by atoms with Gasteiger partial charge in [0.05, 0.1) is 5.52 Å². The summed E-state index contributed by atoms with van der Waals surface area (Å²) in [5, 5.41) is 14.4. The quantitative estimate of drug-likeness (QED) is 0.562. The fourth-order valence-corrected chi connectivity index (χ4v) is 5.02. The fraction of sp³-hybridized carbons (Fsp3) is 0.545. The molecule has 1 aliphatic heterocycles. The van der Waals surface area contributed by atoms with E-state index in [1.54, 1.807) is 5.57 Å². The molecule has 1 aromatic heterocycles. The van der Waals surface area contributed by atoms with E-state index in [0.29, 0.717) is 6.04 Å². The van der Waals surface area contributed by atoms with Crippen molar-refractivity contribution < 1.29 is 5.11 Å². The van der Waals surface area contributed by atoms with Crippen molar-refractivity contribution >= 4 is 16.6 Å². The summed E-state index contributed by atoms with van der Waals surface area (Å²) in [5.41, 5.74) is 4.24. The second-order valence-electron chi connectivity index (χ2n) is 8.25. The Labute approximate surface area is 160 Å². The molecule has 2 heterocycles. The maximum Gasteiger partial charge on any atom is 0.222 e. The van der Waals surface area contributed by atoms with Gasteiger partial charge in [0.15, 0.2) is 5.69 Å². The summed E-state index contributed by atoms with van der Waals surface area (Å²) in [7, 11) is 0. The molecule has 2 aromatic rings. The molecule has 1 saturated heterocycles. The van der Waals surface area contributed by atoms with E-state index in [9.17, 15) is 10.0 Å². The minimum Gasteiger partial charge on any atom is -0.493 e. The molecule has 0 unspecified atom stereocenters. The van der Waals surface area contributed by atoms with E-state index < -0.39 is 0 Å². The van der Waals surface area contributed by atoms with Gasteiger partial charge in [-0.2, -0.15) is 0 Å². The third-order valence-electron chi connectivity index (χ3n) is 6.60. The van der Waals surface area contributed by atoms with Crippen LogP contribution in [0.4, 0.5) is 5.69 Å². The number of fused-ring (bicyclic) bond motifs is 1. The van der Waals surface area contributed by atoms with Gasteiger partial charge in [-0.3, -0.25) is 0 Å². The van der Waals surface area contributed by atoms with E-state index in [4.69, 9.17) is 0 Å². The van der Waals surface area contributed by atoms with E-state index in [1.807, 2.05) is 28.8 Å². The average Bonchev–Trinajstić information content (AvgIpc) is 2.99. The van der Waals surface area contributed by atoms with Crippen molar-refractivity contribution in [3.05, 3.63) is 40.3 Å². The Bertz CT molecular complexity index is 861. The number of aromatic nitrogens is 1. The molecule has 0 spiro atoms. The Hall–Kier alpha value is -2.14. The van der Waals surface area contributed by atoms with Crippen LogP contribution in [-0.2, 0) is 0 Å². The van der Waals surface area contributed by atoms with Crippen LogP contribution in [0.15, 0.2) is 40.6 Å². The van der Waals surface area contributed by atoms with E-state index in [1.165, 1.54) is 31.3 Å². The van der Waals surface area contributed by atoms with Gasteiger partial charge >= 0.3 is 0 Å². The summed E-state index contributed by atoms with van der Waals surface area (Å²) in [6.07, 6.45) is 7.01. The van der Waals surface area contributed by atoms with Crippen LogP contribution in [0.25, 0.3) is 10.9 Å². The first-order valence-corrected chi connectivity index (χ1v) is 10.1. The summed E-state index contributed by atoms with van der Waals surface area (Å²) < 4.78 is 1.94.